The summed E-state index contributed by atoms with van der Waals surface area (Å²) in [6.45, 7) is 1.87. The summed E-state index contributed by atoms with van der Waals surface area (Å²) in [5.74, 6) is 0.493. The molecule has 3 heterocycles. The van der Waals surface area contributed by atoms with Gasteiger partial charge in [-0.2, -0.15) is 0 Å². The molecule has 0 aliphatic rings. The van der Waals surface area contributed by atoms with E-state index in [1.165, 1.54) is 0 Å². The summed E-state index contributed by atoms with van der Waals surface area (Å²) >= 11 is 0. The number of amides is 2. The number of aryl methyl sites for hydroxylation is 1. The average molecular weight is 336 g/mol. The van der Waals surface area contributed by atoms with Crippen LogP contribution in [0.3, 0.4) is 0 Å². The Labute approximate surface area is 143 Å². The number of carbonyl (C=O) groups excluding carboxylic acids is 2. The van der Waals surface area contributed by atoms with E-state index in [2.05, 4.69) is 25.6 Å². The fraction of sp³-hybridized carbons (Fsp3) is 0.118. The fourth-order valence-corrected chi connectivity index (χ4v) is 2.53. The summed E-state index contributed by atoms with van der Waals surface area (Å²) in [7, 11) is 1.55. The zero-order chi connectivity index (χ0) is 18.0. The second-order valence-electron chi connectivity index (χ2n) is 5.41. The van der Waals surface area contributed by atoms with E-state index < -0.39 is 0 Å². The molecule has 0 aliphatic heterocycles. The molecular weight excluding hydrogens is 320 g/mol. The standard InChI is InChI=1S/C17H16N6O2/c1-9-3-14(17(25)19-2)20-6-11(9)13-4-10-5-15(22-8-24)21-7-12(10)16(18)23-13/h3-8H,1-2H3,(H2,18,23)(H,19,25)(H,21,22,24). The van der Waals surface area contributed by atoms with Gasteiger partial charge in [0.25, 0.3) is 5.91 Å². The van der Waals surface area contributed by atoms with Crippen molar-refractivity contribution in [2.45, 2.75) is 6.92 Å². The van der Waals surface area contributed by atoms with Gasteiger partial charge in [-0.15, -0.1) is 0 Å². The maximum atomic E-state index is 11.7. The second kappa shape index (κ2) is 6.52. The molecule has 0 aliphatic carbocycles. The van der Waals surface area contributed by atoms with Crippen molar-refractivity contribution in [1.29, 1.82) is 0 Å². The van der Waals surface area contributed by atoms with Crippen molar-refractivity contribution < 1.29 is 9.59 Å². The molecule has 0 saturated carbocycles. The summed E-state index contributed by atoms with van der Waals surface area (Å²) in [5.41, 5.74) is 8.62. The molecule has 8 heteroatoms. The molecular formula is C17H16N6O2. The number of hydrogen-bond donors (Lipinski definition) is 3. The smallest absolute Gasteiger partial charge is 0.269 e. The van der Waals surface area contributed by atoms with Gasteiger partial charge in [-0.25, -0.2) is 9.97 Å². The summed E-state index contributed by atoms with van der Waals surface area (Å²) < 4.78 is 0. The van der Waals surface area contributed by atoms with Gasteiger partial charge in [-0.1, -0.05) is 0 Å². The van der Waals surface area contributed by atoms with E-state index in [0.29, 0.717) is 34.8 Å². The van der Waals surface area contributed by atoms with Crippen LogP contribution < -0.4 is 16.4 Å². The molecule has 4 N–H and O–H groups in total. The number of nitrogens with one attached hydrogen (secondary N) is 2. The Bertz CT molecular complexity index is 986. The first-order chi connectivity index (χ1) is 12.0. The molecule has 3 aromatic rings. The lowest BCUT2D eigenvalue weighted by molar-refractivity contribution is -0.105. The van der Waals surface area contributed by atoms with Crippen LogP contribution in [0.4, 0.5) is 11.6 Å². The number of pyridine rings is 3. The van der Waals surface area contributed by atoms with Crippen molar-refractivity contribution in [3.63, 3.8) is 0 Å². The van der Waals surface area contributed by atoms with Crippen molar-refractivity contribution >= 4 is 34.7 Å². The first-order valence-corrected chi connectivity index (χ1v) is 7.49. The van der Waals surface area contributed by atoms with Crippen LogP contribution in [-0.2, 0) is 4.79 Å². The quantitative estimate of drug-likeness (QED) is 0.621. The topological polar surface area (TPSA) is 123 Å². The average Bonchev–Trinajstić information content (AvgIpc) is 2.60. The molecule has 25 heavy (non-hydrogen) atoms. The molecule has 0 atom stereocenters. The summed E-state index contributed by atoms with van der Waals surface area (Å²) in [6.07, 6.45) is 3.72. The number of nitrogens with two attached hydrogens (primary N) is 1. The Morgan fingerprint density at radius 2 is 2.00 bits per heavy atom. The maximum Gasteiger partial charge on any atom is 0.269 e. The minimum atomic E-state index is -0.253. The minimum Gasteiger partial charge on any atom is -0.383 e. The summed E-state index contributed by atoms with van der Waals surface area (Å²) in [5, 5.41) is 6.52. The van der Waals surface area contributed by atoms with Crippen LogP contribution >= 0.6 is 0 Å². The van der Waals surface area contributed by atoms with Crippen LogP contribution in [0, 0.1) is 6.92 Å². The van der Waals surface area contributed by atoms with Gasteiger partial charge in [0.05, 0.1) is 5.69 Å². The Balaban J connectivity index is 2.12. The molecule has 0 bridgehead atoms. The van der Waals surface area contributed by atoms with Gasteiger partial charge in [0, 0.05) is 30.4 Å². The van der Waals surface area contributed by atoms with Gasteiger partial charge in [0.15, 0.2) is 0 Å². The van der Waals surface area contributed by atoms with E-state index in [1.807, 2.05) is 13.0 Å². The Morgan fingerprint density at radius 1 is 1.20 bits per heavy atom. The Hall–Kier alpha value is -3.55. The van der Waals surface area contributed by atoms with Crippen LogP contribution in [0.25, 0.3) is 22.0 Å². The van der Waals surface area contributed by atoms with E-state index in [9.17, 15) is 9.59 Å². The molecule has 0 unspecified atom stereocenters. The summed E-state index contributed by atoms with van der Waals surface area (Å²) in [6, 6.07) is 5.25. The zero-order valence-electron chi connectivity index (χ0n) is 13.7. The van der Waals surface area contributed by atoms with Gasteiger partial charge in [-0.05, 0) is 36.1 Å². The SMILES string of the molecule is CNC(=O)c1cc(C)c(-c2cc3cc(NC=O)ncc3c(N)n2)cn1. The third-order valence-corrected chi connectivity index (χ3v) is 3.80. The molecule has 0 radical (unpaired) electrons. The van der Waals surface area contributed by atoms with Crippen molar-refractivity contribution in [3.8, 4) is 11.3 Å². The van der Waals surface area contributed by atoms with Crippen LogP contribution in [0.2, 0.25) is 0 Å². The van der Waals surface area contributed by atoms with E-state index in [4.69, 9.17) is 5.73 Å². The molecule has 3 rings (SSSR count). The minimum absolute atomic E-state index is 0.253. The number of nitrogen functional groups attached to an aromatic ring is 1. The van der Waals surface area contributed by atoms with Crippen molar-refractivity contribution in [2.75, 3.05) is 18.1 Å². The highest BCUT2D eigenvalue weighted by molar-refractivity contribution is 5.96. The Kier molecular flexibility index (Phi) is 4.25. The zero-order valence-corrected chi connectivity index (χ0v) is 13.7. The van der Waals surface area contributed by atoms with Gasteiger partial charge < -0.3 is 16.4 Å². The van der Waals surface area contributed by atoms with Gasteiger partial charge in [-0.3, -0.25) is 14.6 Å². The molecule has 0 aromatic carbocycles. The van der Waals surface area contributed by atoms with Gasteiger partial charge in [0.2, 0.25) is 6.41 Å². The normalized spacial score (nSPS) is 10.5. The Morgan fingerprint density at radius 3 is 2.68 bits per heavy atom. The number of hydrogen-bond acceptors (Lipinski definition) is 6. The number of fused-ring (bicyclic) bond motifs is 1. The molecule has 126 valence electrons. The number of aromatic nitrogens is 3. The lowest BCUT2D eigenvalue weighted by Gasteiger charge is -2.10. The monoisotopic (exact) mass is 336 g/mol. The van der Waals surface area contributed by atoms with Crippen LogP contribution in [0.5, 0.6) is 0 Å². The lowest BCUT2D eigenvalue weighted by atomic mass is 10.0. The van der Waals surface area contributed by atoms with E-state index in [-0.39, 0.29) is 5.91 Å². The molecule has 8 nitrogen and oxygen atoms in total. The number of nitrogens with zero attached hydrogens (tertiary/aromatic N) is 3. The highest BCUT2D eigenvalue weighted by Gasteiger charge is 2.12. The van der Waals surface area contributed by atoms with E-state index in [0.717, 1.165) is 16.5 Å². The number of anilines is 2. The van der Waals surface area contributed by atoms with Crippen molar-refractivity contribution in [1.82, 2.24) is 20.3 Å². The summed E-state index contributed by atoms with van der Waals surface area (Å²) in [4.78, 5) is 35.0. The largest absolute Gasteiger partial charge is 0.383 e. The third-order valence-electron chi connectivity index (χ3n) is 3.80. The van der Waals surface area contributed by atoms with Gasteiger partial charge in [0.1, 0.15) is 17.3 Å². The lowest BCUT2D eigenvalue weighted by Crippen LogP contribution is -2.19. The van der Waals surface area contributed by atoms with E-state index >= 15 is 0 Å². The van der Waals surface area contributed by atoms with Gasteiger partial charge >= 0.3 is 0 Å². The van der Waals surface area contributed by atoms with Crippen molar-refractivity contribution in [2.24, 2.45) is 0 Å². The van der Waals surface area contributed by atoms with Crippen molar-refractivity contribution in [3.05, 3.63) is 41.9 Å². The maximum absolute atomic E-state index is 11.7. The number of carbonyl (C=O) groups is 2. The first kappa shape index (κ1) is 16.3. The molecule has 0 fully saturated rings. The highest BCUT2D eigenvalue weighted by Crippen LogP contribution is 2.28. The van der Waals surface area contributed by atoms with Crippen LogP contribution in [-0.4, -0.2) is 34.3 Å². The molecule has 0 saturated heterocycles. The fourth-order valence-electron chi connectivity index (χ4n) is 2.53. The molecule has 0 spiro atoms. The van der Waals surface area contributed by atoms with E-state index in [1.54, 1.807) is 31.6 Å². The third kappa shape index (κ3) is 3.09. The second-order valence-corrected chi connectivity index (χ2v) is 5.41. The van der Waals surface area contributed by atoms with Crippen LogP contribution in [0.1, 0.15) is 16.1 Å². The predicted octanol–water partition coefficient (Wildman–Crippen LogP) is 1.51. The highest BCUT2D eigenvalue weighted by atomic mass is 16.1. The molecule has 2 amide bonds. The van der Waals surface area contributed by atoms with Crippen LogP contribution in [0.15, 0.2) is 30.6 Å². The first-order valence-electron chi connectivity index (χ1n) is 7.49. The number of rotatable bonds is 4. The molecule has 3 aromatic heterocycles. The predicted molar refractivity (Wildman–Crippen MR) is 95.0 cm³/mol.